The SMILES string of the molecule is CCCCP(=O)(ON1CCNCCNCCNCC1)ON1CCNCCNCCNCC1. The third-order valence-electron chi connectivity index (χ3n) is 5.33. The van der Waals surface area contributed by atoms with Crippen LogP contribution in [0, 0.1) is 0 Å². The molecule has 0 aromatic heterocycles. The minimum atomic E-state index is -3.31. The minimum Gasteiger partial charge on any atom is -0.314 e. The summed E-state index contributed by atoms with van der Waals surface area (Å²) in [6.07, 6.45) is 2.18. The van der Waals surface area contributed by atoms with Gasteiger partial charge in [-0.2, -0.15) is 10.1 Å². The lowest BCUT2D eigenvalue weighted by Gasteiger charge is -2.31. The van der Waals surface area contributed by atoms with Gasteiger partial charge in [0.2, 0.25) is 0 Å². The molecule has 0 aromatic rings. The number of nitrogens with one attached hydrogen (secondary N) is 6. The van der Waals surface area contributed by atoms with E-state index in [4.69, 9.17) is 9.25 Å². The largest absolute Gasteiger partial charge is 0.363 e. The molecule has 12 heteroatoms. The molecule has 11 nitrogen and oxygen atoms in total. The molecule has 0 aromatic carbocycles. The molecule has 0 aliphatic carbocycles. The molecular weight excluding hydrogens is 431 g/mol. The molecule has 6 N–H and O–H groups in total. The molecule has 0 unspecified atom stereocenters. The van der Waals surface area contributed by atoms with Crippen molar-refractivity contribution in [1.82, 2.24) is 42.0 Å². The van der Waals surface area contributed by atoms with Gasteiger partial charge in [-0.05, 0) is 6.42 Å². The molecule has 0 spiro atoms. The topological polar surface area (TPSA) is 114 Å². The highest BCUT2D eigenvalue weighted by molar-refractivity contribution is 7.53. The zero-order chi connectivity index (χ0) is 22.7. The Labute approximate surface area is 194 Å². The number of nitrogens with zero attached hydrogens (tertiary/aromatic N) is 2. The first kappa shape index (κ1) is 28.1. The van der Waals surface area contributed by atoms with Crippen molar-refractivity contribution in [3.8, 4) is 0 Å². The normalized spacial score (nSPS) is 23.4. The highest BCUT2D eigenvalue weighted by Crippen LogP contribution is 2.50. The monoisotopic (exact) mass is 478 g/mol. The second-order valence-corrected chi connectivity index (χ2v) is 10.2. The summed E-state index contributed by atoms with van der Waals surface area (Å²) in [5, 5.41) is 24.1. The third kappa shape index (κ3) is 13.5. The van der Waals surface area contributed by atoms with Crippen LogP contribution in [0.1, 0.15) is 19.8 Å². The van der Waals surface area contributed by atoms with Crippen molar-refractivity contribution in [3.05, 3.63) is 0 Å². The van der Waals surface area contributed by atoms with Crippen molar-refractivity contribution in [2.24, 2.45) is 0 Å². The standard InChI is InChI=1S/C20H47N8O3P/c1-2-3-20-32(29,30-27-16-12-23-8-4-21-5-9-24-13-17-27)31-28-18-14-25-10-6-22-7-11-26-15-19-28/h21-26H,2-20H2,1H3. The first-order chi connectivity index (χ1) is 15.7. The van der Waals surface area contributed by atoms with E-state index in [1.54, 1.807) is 0 Å². The molecule has 0 saturated carbocycles. The van der Waals surface area contributed by atoms with Gasteiger partial charge in [-0.1, -0.05) is 13.3 Å². The van der Waals surface area contributed by atoms with E-state index in [-0.39, 0.29) is 0 Å². The molecule has 32 heavy (non-hydrogen) atoms. The summed E-state index contributed by atoms with van der Waals surface area (Å²) in [5.41, 5.74) is 0. The Morgan fingerprint density at radius 2 is 0.906 bits per heavy atom. The predicted molar refractivity (Wildman–Crippen MR) is 130 cm³/mol. The van der Waals surface area contributed by atoms with Gasteiger partial charge in [0.1, 0.15) is 0 Å². The van der Waals surface area contributed by atoms with Crippen LogP contribution in [0.2, 0.25) is 0 Å². The van der Waals surface area contributed by atoms with Gasteiger partial charge in [-0.25, -0.2) is 9.25 Å². The highest BCUT2D eigenvalue weighted by Gasteiger charge is 2.31. The Morgan fingerprint density at radius 1 is 0.594 bits per heavy atom. The van der Waals surface area contributed by atoms with E-state index in [0.29, 0.717) is 32.3 Å². The molecule has 2 aliphatic rings. The van der Waals surface area contributed by atoms with Gasteiger partial charge < -0.3 is 31.9 Å². The molecule has 2 saturated heterocycles. The maximum atomic E-state index is 13.8. The number of rotatable bonds is 7. The second-order valence-electron chi connectivity index (χ2n) is 8.21. The van der Waals surface area contributed by atoms with Crippen LogP contribution >= 0.6 is 7.60 Å². The zero-order valence-corrected chi connectivity index (χ0v) is 20.9. The Morgan fingerprint density at radius 3 is 1.22 bits per heavy atom. The summed E-state index contributed by atoms with van der Waals surface area (Å²) < 4.78 is 26.1. The van der Waals surface area contributed by atoms with Gasteiger partial charge in [-0.15, -0.1) is 0 Å². The zero-order valence-electron chi connectivity index (χ0n) is 20.0. The van der Waals surface area contributed by atoms with Gasteiger partial charge in [-0.3, -0.25) is 4.57 Å². The summed E-state index contributed by atoms with van der Waals surface area (Å²) in [6.45, 7) is 15.2. The van der Waals surface area contributed by atoms with Crippen LogP contribution in [0.3, 0.4) is 0 Å². The van der Waals surface area contributed by atoms with E-state index >= 15 is 0 Å². The fraction of sp³-hybridized carbons (Fsp3) is 1.00. The molecular formula is C20H47N8O3P. The maximum absolute atomic E-state index is 13.8. The molecule has 2 rings (SSSR count). The first-order valence-corrected chi connectivity index (χ1v) is 14.2. The van der Waals surface area contributed by atoms with E-state index in [0.717, 1.165) is 91.4 Å². The summed E-state index contributed by atoms with van der Waals surface area (Å²) in [4.78, 5) is 0. The van der Waals surface area contributed by atoms with E-state index in [2.05, 4.69) is 38.8 Å². The van der Waals surface area contributed by atoms with Crippen molar-refractivity contribution in [2.45, 2.75) is 19.8 Å². The van der Waals surface area contributed by atoms with Crippen molar-refractivity contribution in [2.75, 3.05) is 111 Å². The Hall–Kier alpha value is -0.170. The molecule has 0 bridgehead atoms. The molecule has 0 amide bonds. The van der Waals surface area contributed by atoms with Crippen LogP contribution < -0.4 is 31.9 Å². The van der Waals surface area contributed by atoms with Gasteiger partial charge in [0.25, 0.3) is 0 Å². The molecule has 0 atom stereocenters. The molecule has 2 aliphatic heterocycles. The number of hydroxylamine groups is 4. The third-order valence-corrected chi connectivity index (χ3v) is 7.15. The minimum absolute atomic E-state index is 0.423. The fourth-order valence-electron chi connectivity index (χ4n) is 3.46. The smallest absolute Gasteiger partial charge is 0.314 e. The van der Waals surface area contributed by atoms with E-state index in [9.17, 15) is 4.57 Å². The lowest BCUT2D eigenvalue weighted by Crippen LogP contribution is -2.43. The van der Waals surface area contributed by atoms with Crippen LogP contribution in [0.15, 0.2) is 0 Å². The van der Waals surface area contributed by atoms with Crippen molar-refractivity contribution < 1.29 is 13.8 Å². The van der Waals surface area contributed by atoms with E-state index in [1.165, 1.54) is 0 Å². The molecule has 2 fully saturated rings. The average molecular weight is 479 g/mol. The van der Waals surface area contributed by atoms with Crippen molar-refractivity contribution in [1.29, 1.82) is 0 Å². The van der Waals surface area contributed by atoms with Gasteiger partial charge in [0.15, 0.2) is 0 Å². The van der Waals surface area contributed by atoms with Gasteiger partial charge in [0, 0.05) is 105 Å². The van der Waals surface area contributed by atoms with Crippen LogP contribution in [0.4, 0.5) is 0 Å². The van der Waals surface area contributed by atoms with Crippen LogP contribution in [0.25, 0.3) is 0 Å². The molecule has 190 valence electrons. The lowest BCUT2D eigenvalue weighted by molar-refractivity contribution is -0.121. The summed E-state index contributed by atoms with van der Waals surface area (Å²) in [5.74, 6) is 0. The van der Waals surface area contributed by atoms with Crippen molar-refractivity contribution in [3.63, 3.8) is 0 Å². The number of hydrogen-bond acceptors (Lipinski definition) is 11. The average Bonchev–Trinajstić information content (AvgIpc) is 2.76. The summed E-state index contributed by atoms with van der Waals surface area (Å²) in [6, 6.07) is 0. The maximum Gasteiger partial charge on any atom is 0.363 e. The molecule has 2 heterocycles. The Balaban J connectivity index is 1.96. The summed E-state index contributed by atoms with van der Waals surface area (Å²) >= 11 is 0. The van der Waals surface area contributed by atoms with E-state index in [1.807, 2.05) is 10.1 Å². The van der Waals surface area contributed by atoms with Crippen LogP contribution in [0.5, 0.6) is 0 Å². The Kier molecular flexibility index (Phi) is 16.0. The predicted octanol–water partition coefficient (Wildman–Crippen LogP) is -0.988. The number of unbranched alkanes of at least 4 members (excludes halogenated alkanes) is 1. The molecule has 0 radical (unpaired) electrons. The van der Waals surface area contributed by atoms with Crippen LogP contribution in [-0.4, -0.2) is 121 Å². The quantitative estimate of drug-likeness (QED) is 0.254. The summed E-state index contributed by atoms with van der Waals surface area (Å²) in [7, 11) is -3.31. The first-order valence-electron chi connectivity index (χ1n) is 12.4. The highest BCUT2D eigenvalue weighted by atomic mass is 31.2. The second kappa shape index (κ2) is 18.2. The van der Waals surface area contributed by atoms with Gasteiger partial charge >= 0.3 is 7.60 Å². The van der Waals surface area contributed by atoms with E-state index < -0.39 is 7.60 Å². The lowest BCUT2D eigenvalue weighted by atomic mass is 10.4. The van der Waals surface area contributed by atoms with Gasteiger partial charge in [0.05, 0.1) is 6.16 Å². The number of hydrogen-bond donors (Lipinski definition) is 6. The van der Waals surface area contributed by atoms with Crippen molar-refractivity contribution >= 4 is 7.60 Å². The fourth-order valence-corrected chi connectivity index (χ4v) is 5.39. The Bertz CT molecular complexity index is 445. The van der Waals surface area contributed by atoms with Crippen LogP contribution in [-0.2, 0) is 13.8 Å².